The number of carbonyl (C=O) groups excluding carboxylic acids is 1. The minimum absolute atomic E-state index is 0.0666. The van der Waals surface area contributed by atoms with Crippen molar-refractivity contribution in [1.29, 1.82) is 0 Å². The first-order chi connectivity index (χ1) is 8.42. The van der Waals surface area contributed by atoms with Crippen LogP contribution in [0.3, 0.4) is 0 Å². The number of nitrogens with zero attached hydrogens (tertiary/aromatic N) is 2. The van der Waals surface area contributed by atoms with Crippen LogP contribution in [0.2, 0.25) is 0 Å². The Hall–Kier alpha value is -2.11. The Bertz CT molecular complexity index is 424. The van der Waals surface area contributed by atoms with Crippen LogP contribution in [0.25, 0.3) is 0 Å². The van der Waals surface area contributed by atoms with Gasteiger partial charge in [0.2, 0.25) is 0 Å². The third kappa shape index (κ3) is 4.82. The molecule has 0 spiro atoms. The standard InChI is InChI=1S/C12H17N3O3/c1-12(2,3)18-11(16)14-8-10(15-17)9-5-4-6-13-7-9/h4-7,17H,8H2,1-3H3,(H,14,16)/b15-10+. The lowest BCUT2D eigenvalue weighted by Gasteiger charge is -2.19. The van der Waals surface area contributed by atoms with Crippen molar-refractivity contribution >= 4 is 11.8 Å². The average molecular weight is 251 g/mol. The van der Waals surface area contributed by atoms with Crippen molar-refractivity contribution in [3.8, 4) is 0 Å². The average Bonchev–Trinajstić information content (AvgIpc) is 2.29. The first-order valence-corrected chi connectivity index (χ1v) is 5.50. The van der Waals surface area contributed by atoms with Gasteiger partial charge in [0.1, 0.15) is 11.3 Å². The van der Waals surface area contributed by atoms with Crippen LogP contribution < -0.4 is 5.32 Å². The third-order valence-electron chi connectivity index (χ3n) is 1.91. The molecule has 6 heteroatoms. The molecule has 1 rings (SSSR count). The summed E-state index contributed by atoms with van der Waals surface area (Å²) in [6, 6.07) is 3.45. The predicted molar refractivity (Wildman–Crippen MR) is 66.8 cm³/mol. The van der Waals surface area contributed by atoms with Crippen LogP contribution in [-0.4, -0.2) is 34.1 Å². The zero-order valence-corrected chi connectivity index (χ0v) is 10.7. The second kappa shape index (κ2) is 6.00. The number of hydrogen-bond donors (Lipinski definition) is 2. The molecule has 6 nitrogen and oxygen atoms in total. The minimum Gasteiger partial charge on any atom is -0.444 e. The molecule has 0 bridgehead atoms. The summed E-state index contributed by atoms with van der Waals surface area (Å²) in [6.07, 6.45) is 2.60. The maximum Gasteiger partial charge on any atom is 0.407 e. The van der Waals surface area contributed by atoms with Crippen LogP contribution in [0.4, 0.5) is 4.79 Å². The predicted octanol–water partition coefficient (Wildman–Crippen LogP) is 1.78. The Morgan fingerprint density at radius 1 is 1.56 bits per heavy atom. The maximum atomic E-state index is 11.4. The quantitative estimate of drug-likeness (QED) is 0.487. The van der Waals surface area contributed by atoms with Gasteiger partial charge in [0.15, 0.2) is 0 Å². The monoisotopic (exact) mass is 251 g/mol. The van der Waals surface area contributed by atoms with Crippen molar-refractivity contribution < 1.29 is 14.7 Å². The number of rotatable bonds is 3. The summed E-state index contributed by atoms with van der Waals surface area (Å²) in [7, 11) is 0. The van der Waals surface area contributed by atoms with Gasteiger partial charge in [-0.3, -0.25) is 4.98 Å². The molecule has 0 radical (unpaired) electrons. The minimum atomic E-state index is -0.562. The number of alkyl carbamates (subject to hydrolysis) is 1. The Kier molecular flexibility index (Phi) is 4.65. The molecule has 2 N–H and O–H groups in total. The fourth-order valence-electron chi connectivity index (χ4n) is 1.20. The van der Waals surface area contributed by atoms with Gasteiger partial charge in [-0.25, -0.2) is 4.79 Å². The highest BCUT2D eigenvalue weighted by Gasteiger charge is 2.16. The van der Waals surface area contributed by atoms with Crippen LogP contribution in [0.1, 0.15) is 26.3 Å². The van der Waals surface area contributed by atoms with E-state index in [4.69, 9.17) is 9.94 Å². The van der Waals surface area contributed by atoms with Gasteiger partial charge in [0, 0.05) is 18.0 Å². The summed E-state index contributed by atoms with van der Waals surface area (Å²) in [5.41, 5.74) is 0.388. The number of pyridine rings is 1. The van der Waals surface area contributed by atoms with Gasteiger partial charge < -0.3 is 15.3 Å². The van der Waals surface area contributed by atoms with E-state index in [1.165, 1.54) is 0 Å². The highest BCUT2D eigenvalue weighted by Crippen LogP contribution is 2.06. The highest BCUT2D eigenvalue weighted by atomic mass is 16.6. The summed E-state index contributed by atoms with van der Waals surface area (Å²) in [6.45, 7) is 5.38. The van der Waals surface area contributed by atoms with Gasteiger partial charge in [-0.2, -0.15) is 0 Å². The lowest BCUT2D eigenvalue weighted by molar-refractivity contribution is 0.0536. The lowest BCUT2D eigenvalue weighted by atomic mass is 10.2. The summed E-state index contributed by atoms with van der Waals surface area (Å²) in [4.78, 5) is 15.3. The fourth-order valence-corrected chi connectivity index (χ4v) is 1.20. The molecular formula is C12H17N3O3. The molecule has 0 aliphatic rings. The van der Waals surface area contributed by atoms with E-state index in [2.05, 4.69) is 15.5 Å². The number of oxime groups is 1. The van der Waals surface area contributed by atoms with Crippen LogP contribution in [0, 0.1) is 0 Å². The van der Waals surface area contributed by atoms with Crippen LogP contribution >= 0.6 is 0 Å². The van der Waals surface area contributed by atoms with E-state index in [9.17, 15) is 4.79 Å². The van der Waals surface area contributed by atoms with Crippen molar-refractivity contribution in [2.45, 2.75) is 26.4 Å². The van der Waals surface area contributed by atoms with Gasteiger partial charge >= 0.3 is 6.09 Å². The van der Waals surface area contributed by atoms with Crippen LogP contribution in [0.5, 0.6) is 0 Å². The van der Waals surface area contributed by atoms with Gasteiger partial charge in [-0.15, -0.1) is 0 Å². The maximum absolute atomic E-state index is 11.4. The van der Waals surface area contributed by atoms with E-state index in [1.807, 2.05) is 0 Å². The van der Waals surface area contributed by atoms with E-state index >= 15 is 0 Å². The van der Waals surface area contributed by atoms with E-state index in [0.717, 1.165) is 0 Å². The van der Waals surface area contributed by atoms with E-state index < -0.39 is 11.7 Å². The van der Waals surface area contributed by atoms with Crippen molar-refractivity contribution in [2.75, 3.05) is 6.54 Å². The van der Waals surface area contributed by atoms with Crippen LogP contribution in [-0.2, 0) is 4.74 Å². The molecule has 1 amide bonds. The molecule has 0 aliphatic heterocycles. The lowest BCUT2D eigenvalue weighted by Crippen LogP contribution is -2.35. The second-order valence-corrected chi connectivity index (χ2v) is 4.64. The summed E-state index contributed by atoms with van der Waals surface area (Å²) < 4.78 is 5.07. The van der Waals surface area contributed by atoms with Crippen molar-refractivity contribution in [2.24, 2.45) is 5.16 Å². The molecule has 0 saturated carbocycles. The molecule has 0 fully saturated rings. The molecular weight excluding hydrogens is 234 g/mol. The largest absolute Gasteiger partial charge is 0.444 e. The van der Waals surface area contributed by atoms with Gasteiger partial charge in [0.05, 0.1) is 6.54 Å². The molecule has 18 heavy (non-hydrogen) atoms. The van der Waals surface area contributed by atoms with Crippen LogP contribution in [0.15, 0.2) is 29.7 Å². The Morgan fingerprint density at radius 3 is 2.78 bits per heavy atom. The smallest absolute Gasteiger partial charge is 0.407 e. The third-order valence-corrected chi connectivity index (χ3v) is 1.91. The van der Waals surface area contributed by atoms with Crippen molar-refractivity contribution in [3.05, 3.63) is 30.1 Å². The number of nitrogens with one attached hydrogen (secondary N) is 1. The molecule has 0 aliphatic carbocycles. The fraction of sp³-hybridized carbons (Fsp3) is 0.417. The molecule has 1 aromatic rings. The summed E-state index contributed by atoms with van der Waals surface area (Å²) in [5, 5.41) is 14.5. The second-order valence-electron chi connectivity index (χ2n) is 4.64. The highest BCUT2D eigenvalue weighted by molar-refractivity contribution is 6.02. The van der Waals surface area contributed by atoms with Gasteiger partial charge in [-0.05, 0) is 32.9 Å². The van der Waals surface area contributed by atoms with E-state index in [-0.39, 0.29) is 6.54 Å². The van der Waals surface area contributed by atoms with Crippen molar-refractivity contribution in [1.82, 2.24) is 10.3 Å². The number of hydrogen-bond acceptors (Lipinski definition) is 5. The normalized spacial score (nSPS) is 12.1. The SMILES string of the molecule is CC(C)(C)OC(=O)NC/C(=N\O)c1cccnc1. The zero-order valence-electron chi connectivity index (χ0n) is 10.7. The Labute approximate surface area is 106 Å². The summed E-state index contributed by atoms with van der Waals surface area (Å²) in [5.74, 6) is 0. The topological polar surface area (TPSA) is 83.8 Å². The molecule has 1 heterocycles. The molecule has 1 aromatic heterocycles. The molecule has 0 atom stereocenters. The zero-order chi connectivity index (χ0) is 13.6. The first kappa shape index (κ1) is 14.0. The number of ether oxygens (including phenoxy) is 1. The van der Waals surface area contributed by atoms with Gasteiger partial charge in [-0.1, -0.05) is 5.16 Å². The van der Waals surface area contributed by atoms with Crippen molar-refractivity contribution in [3.63, 3.8) is 0 Å². The molecule has 0 aromatic carbocycles. The summed E-state index contributed by atoms with van der Waals surface area (Å²) >= 11 is 0. The van der Waals surface area contributed by atoms with Gasteiger partial charge in [0.25, 0.3) is 0 Å². The number of amides is 1. The van der Waals surface area contributed by atoms with E-state index in [0.29, 0.717) is 11.3 Å². The number of carbonyl (C=O) groups is 1. The Balaban J connectivity index is 2.55. The molecule has 98 valence electrons. The molecule has 0 unspecified atom stereocenters. The number of aromatic nitrogens is 1. The Morgan fingerprint density at radius 2 is 2.28 bits per heavy atom. The molecule has 0 saturated heterocycles. The first-order valence-electron chi connectivity index (χ1n) is 5.50. The van der Waals surface area contributed by atoms with E-state index in [1.54, 1.807) is 45.3 Å².